The lowest BCUT2D eigenvalue weighted by molar-refractivity contribution is -0.287. The van der Waals surface area contributed by atoms with Crippen LogP contribution < -0.4 is 0 Å². The highest BCUT2D eigenvalue weighted by atomic mass is 16.6. The summed E-state index contributed by atoms with van der Waals surface area (Å²) in [5.74, 6) is -0.681. The first-order chi connectivity index (χ1) is 13.5. The first-order valence-corrected chi connectivity index (χ1v) is 10.5. The standard InChI is InChI=1S/C22H32O7/c1-12-15(28-13(2)23)9-20(3)17(5-6-18(24)21(20,4)26)22(12)10-16(29-19(22)25)14-7-8-27-11-14/h7-8,11-12,15-19,24-26H,5-6,9-10H2,1-4H3/t12-,15-,16-,17+,18-,19+,20-,21-,22+/m1/s1. The number of hydrogen-bond donors (Lipinski definition) is 3. The van der Waals surface area contributed by atoms with Gasteiger partial charge in [-0.3, -0.25) is 4.79 Å². The van der Waals surface area contributed by atoms with Crippen molar-refractivity contribution in [3.63, 3.8) is 0 Å². The number of rotatable bonds is 2. The molecule has 1 aromatic rings. The van der Waals surface area contributed by atoms with E-state index in [1.807, 2.05) is 19.9 Å². The summed E-state index contributed by atoms with van der Waals surface area (Å²) >= 11 is 0. The lowest BCUT2D eigenvalue weighted by Gasteiger charge is -2.65. The summed E-state index contributed by atoms with van der Waals surface area (Å²) in [6.07, 6.45) is 2.46. The molecule has 1 spiro atoms. The van der Waals surface area contributed by atoms with Gasteiger partial charge in [-0.2, -0.15) is 0 Å². The first kappa shape index (κ1) is 20.8. The zero-order valence-corrected chi connectivity index (χ0v) is 17.5. The van der Waals surface area contributed by atoms with Gasteiger partial charge in [0, 0.05) is 29.2 Å². The van der Waals surface area contributed by atoms with Crippen molar-refractivity contribution in [2.24, 2.45) is 22.7 Å². The highest BCUT2D eigenvalue weighted by Crippen LogP contribution is 2.68. The third-order valence-electron chi connectivity index (χ3n) is 8.51. The molecular formula is C22H32O7. The van der Waals surface area contributed by atoms with Gasteiger partial charge in [-0.1, -0.05) is 13.8 Å². The predicted molar refractivity (Wildman–Crippen MR) is 102 cm³/mol. The van der Waals surface area contributed by atoms with Gasteiger partial charge in [0.2, 0.25) is 0 Å². The van der Waals surface area contributed by atoms with Gasteiger partial charge in [0.1, 0.15) is 6.10 Å². The minimum atomic E-state index is -1.38. The molecule has 162 valence electrons. The van der Waals surface area contributed by atoms with E-state index < -0.39 is 40.9 Å². The molecule has 3 fully saturated rings. The maximum Gasteiger partial charge on any atom is 0.302 e. The molecule has 2 heterocycles. The molecule has 1 aromatic heterocycles. The Labute approximate surface area is 171 Å². The molecule has 0 bridgehead atoms. The molecule has 3 aliphatic rings. The lowest BCUT2D eigenvalue weighted by atomic mass is 9.42. The molecule has 3 N–H and O–H groups in total. The minimum absolute atomic E-state index is 0.109. The SMILES string of the molecule is CC(=O)O[C@@H]1C[C@]2(C)[C@H](CC[C@@H](O)[C@@]2(C)O)[C@]2(C[C@H](c3ccoc3)O[C@@H]2O)[C@@H]1C. The van der Waals surface area contributed by atoms with E-state index in [-0.39, 0.29) is 17.9 Å². The van der Waals surface area contributed by atoms with Gasteiger partial charge in [0.25, 0.3) is 0 Å². The van der Waals surface area contributed by atoms with Crippen molar-refractivity contribution in [1.29, 1.82) is 0 Å². The van der Waals surface area contributed by atoms with Crippen LogP contribution in [0.25, 0.3) is 0 Å². The van der Waals surface area contributed by atoms with E-state index >= 15 is 0 Å². The molecule has 1 aliphatic heterocycles. The van der Waals surface area contributed by atoms with Crippen molar-refractivity contribution < 1.29 is 34.0 Å². The van der Waals surface area contributed by atoms with Crippen LogP contribution in [0.15, 0.2) is 23.0 Å². The van der Waals surface area contributed by atoms with E-state index in [9.17, 15) is 20.1 Å². The average Bonchev–Trinajstić information content (AvgIpc) is 3.27. The zero-order valence-electron chi connectivity index (χ0n) is 17.5. The number of carbonyl (C=O) groups is 1. The van der Waals surface area contributed by atoms with E-state index in [4.69, 9.17) is 13.9 Å². The normalized spacial score (nSPS) is 49.8. The lowest BCUT2D eigenvalue weighted by Crippen LogP contribution is -2.69. The summed E-state index contributed by atoms with van der Waals surface area (Å²) in [6.45, 7) is 6.98. The van der Waals surface area contributed by atoms with Crippen LogP contribution in [0.5, 0.6) is 0 Å². The Balaban J connectivity index is 1.81. The maximum atomic E-state index is 11.8. The largest absolute Gasteiger partial charge is 0.472 e. The van der Waals surface area contributed by atoms with Crippen LogP contribution in [0.2, 0.25) is 0 Å². The third-order valence-corrected chi connectivity index (χ3v) is 8.51. The molecule has 9 atom stereocenters. The molecule has 7 nitrogen and oxygen atoms in total. The Kier molecular flexibility index (Phi) is 4.89. The summed E-state index contributed by atoms with van der Waals surface area (Å²) < 4.78 is 16.9. The van der Waals surface area contributed by atoms with E-state index in [0.717, 1.165) is 5.56 Å². The Bertz CT molecular complexity index is 759. The van der Waals surface area contributed by atoms with Crippen LogP contribution in [-0.4, -0.2) is 45.4 Å². The molecule has 1 saturated heterocycles. The second kappa shape index (κ2) is 6.80. The van der Waals surface area contributed by atoms with Gasteiger partial charge in [0.05, 0.1) is 30.3 Å². The summed E-state index contributed by atoms with van der Waals surface area (Å²) in [7, 11) is 0. The molecule has 29 heavy (non-hydrogen) atoms. The van der Waals surface area contributed by atoms with E-state index in [2.05, 4.69) is 0 Å². The van der Waals surface area contributed by atoms with Gasteiger partial charge in [0.15, 0.2) is 6.29 Å². The highest BCUT2D eigenvalue weighted by Gasteiger charge is 2.71. The van der Waals surface area contributed by atoms with Crippen LogP contribution >= 0.6 is 0 Å². The number of aliphatic hydroxyl groups is 3. The monoisotopic (exact) mass is 408 g/mol. The van der Waals surface area contributed by atoms with Gasteiger partial charge in [-0.25, -0.2) is 0 Å². The fourth-order valence-electron chi connectivity index (χ4n) is 6.62. The number of aliphatic hydroxyl groups excluding tert-OH is 2. The molecule has 0 unspecified atom stereocenters. The van der Waals surface area contributed by atoms with Crippen molar-refractivity contribution in [2.75, 3.05) is 0 Å². The smallest absolute Gasteiger partial charge is 0.302 e. The number of furan rings is 1. The van der Waals surface area contributed by atoms with E-state index in [1.54, 1.807) is 19.5 Å². The molecular weight excluding hydrogens is 376 g/mol. The molecule has 2 aliphatic carbocycles. The number of hydrogen-bond acceptors (Lipinski definition) is 7. The Morgan fingerprint density at radius 2 is 1.97 bits per heavy atom. The first-order valence-electron chi connectivity index (χ1n) is 10.5. The van der Waals surface area contributed by atoms with Crippen LogP contribution in [0.1, 0.15) is 65.0 Å². The summed E-state index contributed by atoms with van der Waals surface area (Å²) in [6, 6.07) is 1.83. The number of ether oxygens (including phenoxy) is 2. The van der Waals surface area contributed by atoms with E-state index in [1.165, 1.54) is 6.92 Å². The summed E-state index contributed by atoms with van der Waals surface area (Å²) in [5.41, 5.74) is -2.01. The minimum Gasteiger partial charge on any atom is -0.472 e. The molecule has 2 saturated carbocycles. The Hall–Kier alpha value is -1.41. The fourth-order valence-corrected chi connectivity index (χ4v) is 6.62. The second-order valence-electron chi connectivity index (χ2n) is 9.70. The van der Waals surface area contributed by atoms with Crippen molar-refractivity contribution in [3.05, 3.63) is 24.2 Å². The summed E-state index contributed by atoms with van der Waals surface area (Å²) in [4.78, 5) is 11.8. The molecule has 0 radical (unpaired) electrons. The molecule has 0 aromatic carbocycles. The summed E-state index contributed by atoms with van der Waals surface area (Å²) in [5, 5.41) is 33.2. The van der Waals surface area contributed by atoms with Crippen LogP contribution in [0, 0.1) is 22.7 Å². The van der Waals surface area contributed by atoms with Crippen molar-refractivity contribution >= 4 is 5.97 Å². The van der Waals surface area contributed by atoms with Gasteiger partial charge in [-0.05, 0) is 44.6 Å². The predicted octanol–water partition coefficient (Wildman–Crippen LogP) is 2.55. The Morgan fingerprint density at radius 1 is 1.24 bits per heavy atom. The van der Waals surface area contributed by atoms with Crippen LogP contribution in [0.4, 0.5) is 0 Å². The maximum absolute atomic E-state index is 11.8. The average molecular weight is 408 g/mol. The van der Waals surface area contributed by atoms with Gasteiger partial charge in [-0.15, -0.1) is 0 Å². The van der Waals surface area contributed by atoms with Crippen LogP contribution in [0.3, 0.4) is 0 Å². The molecule has 7 heteroatoms. The third kappa shape index (κ3) is 2.81. The second-order valence-corrected chi connectivity index (χ2v) is 9.70. The number of carbonyl (C=O) groups excluding carboxylic acids is 1. The van der Waals surface area contributed by atoms with Gasteiger partial charge >= 0.3 is 5.97 Å². The van der Waals surface area contributed by atoms with Crippen molar-refractivity contribution in [3.8, 4) is 0 Å². The quantitative estimate of drug-likeness (QED) is 0.645. The van der Waals surface area contributed by atoms with E-state index in [0.29, 0.717) is 25.7 Å². The molecule has 0 amide bonds. The van der Waals surface area contributed by atoms with Crippen molar-refractivity contribution in [2.45, 2.75) is 83.6 Å². The number of esters is 1. The van der Waals surface area contributed by atoms with Gasteiger partial charge < -0.3 is 29.2 Å². The Morgan fingerprint density at radius 3 is 2.59 bits per heavy atom. The fraction of sp³-hybridized carbons (Fsp3) is 0.773. The van der Waals surface area contributed by atoms with Crippen LogP contribution in [-0.2, 0) is 14.3 Å². The zero-order chi connectivity index (χ0) is 21.2. The number of fused-ring (bicyclic) bond motifs is 2. The topological polar surface area (TPSA) is 109 Å². The molecule has 4 rings (SSSR count). The highest BCUT2D eigenvalue weighted by molar-refractivity contribution is 5.66. The van der Waals surface area contributed by atoms with Crippen molar-refractivity contribution in [1.82, 2.24) is 0 Å².